The van der Waals surface area contributed by atoms with Crippen molar-refractivity contribution in [2.45, 2.75) is 0 Å². The molecule has 0 bridgehead atoms. The van der Waals surface area contributed by atoms with Crippen LogP contribution in [-0.4, -0.2) is 23.8 Å². The third-order valence-electron chi connectivity index (χ3n) is 2.23. The van der Waals surface area contributed by atoms with Crippen molar-refractivity contribution in [3.8, 4) is 0 Å². The van der Waals surface area contributed by atoms with E-state index in [1.54, 1.807) is 0 Å². The Hall–Kier alpha value is -2.50. The topological polar surface area (TPSA) is 69.4 Å². The molecule has 0 saturated carbocycles. The van der Waals surface area contributed by atoms with E-state index >= 15 is 0 Å². The third kappa shape index (κ3) is 2.13. The fraction of sp³-hybridized carbons (Fsp3) is 0.0833. The van der Waals surface area contributed by atoms with Crippen LogP contribution in [0.25, 0.3) is 0 Å². The maximum Gasteiger partial charge on any atom is 0.373 e. The highest BCUT2D eigenvalue weighted by Gasteiger charge is 2.19. The van der Waals surface area contributed by atoms with E-state index in [4.69, 9.17) is 4.42 Å². The van der Waals surface area contributed by atoms with Crippen LogP contribution in [0.2, 0.25) is 0 Å². The van der Waals surface area contributed by atoms with Gasteiger partial charge in [-0.15, -0.1) is 0 Å². The van der Waals surface area contributed by atoms with Gasteiger partial charge in [0, 0.05) is 6.20 Å². The van der Waals surface area contributed by atoms with Gasteiger partial charge in [-0.05, 0) is 18.2 Å². The second-order valence-electron chi connectivity index (χ2n) is 3.34. The van der Waals surface area contributed by atoms with E-state index in [0.29, 0.717) is 0 Å². The average Bonchev–Trinajstić information content (AvgIpc) is 2.87. The Morgan fingerprint density at radius 3 is 2.67 bits per heavy atom. The Morgan fingerprint density at radius 2 is 2.00 bits per heavy atom. The summed E-state index contributed by atoms with van der Waals surface area (Å²) in [6.07, 6.45) is 2.22. The lowest BCUT2D eigenvalue weighted by molar-refractivity contribution is 0.0563. The number of hydrogen-bond donors (Lipinski definition) is 0. The van der Waals surface area contributed by atoms with Crippen molar-refractivity contribution in [3.63, 3.8) is 0 Å². The highest BCUT2D eigenvalue weighted by atomic mass is 19.1. The summed E-state index contributed by atoms with van der Waals surface area (Å²) in [7, 11) is 1.19. The van der Waals surface area contributed by atoms with Crippen molar-refractivity contribution in [3.05, 3.63) is 53.5 Å². The normalized spacial score (nSPS) is 10.1. The number of esters is 1. The minimum absolute atomic E-state index is 0.115. The van der Waals surface area contributed by atoms with Gasteiger partial charge < -0.3 is 9.15 Å². The molecule has 92 valence electrons. The quantitative estimate of drug-likeness (QED) is 0.613. The fourth-order valence-corrected chi connectivity index (χ4v) is 1.36. The largest absolute Gasteiger partial charge is 0.463 e. The standard InChI is InChI=1S/C12H8FNO4/c1-17-12(16)10-3-2-9(18-10)11(15)7-4-5-14-6-8(7)13/h2-6H,1H3. The summed E-state index contributed by atoms with van der Waals surface area (Å²) in [6, 6.07) is 3.81. The summed E-state index contributed by atoms with van der Waals surface area (Å²) < 4.78 is 22.8. The molecule has 0 aliphatic rings. The first-order chi connectivity index (χ1) is 8.63. The second-order valence-corrected chi connectivity index (χ2v) is 3.34. The predicted molar refractivity (Wildman–Crippen MR) is 57.7 cm³/mol. The van der Waals surface area contributed by atoms with Gasteiger partial charge in [-0.3, -0.25) is 9.78 Å². The van der Waals surface area contributed by atoms with E-state index in [0.717, 1.165) is 6.20 Å². The molecule has 0 aliphatic carbocycles. The maximum absolute atomic E-state index is 13.3. The number of hydrogen-bond acceptors (Lipinski definition) is 5. The van der Waals surface area contributed by atoms with Crippen molar-refractivity contribution in [2.75, 3.05) is 7.11 Å². The van der Waals surface area contributed by atoms with E-state index in [2.05, 4.69) is 9.72 Å². The first-order valence-electron chi connectivity index (χ1n) is 4.96. The smallest absolute Gasteiger partial charge is 0.373 e. The summed E-state index contributed by atoms with van der Waals surface area (Å²) in [5.41, 5.74) is -0.171. The molecule has 0 atom stereocenters. The number of nitrogens with zero attached hydrogens (tertiary/aromatic N) is 1. The molecule has 6 heteroatoms. The molecule has 2 aromatic rings. The van der Waals surface area contributed by atoms with Crippen LogP contribution in [-0.2, 0) is 4.74 Å². The van der Waals surface area contributed by atoms with Crippen LogP contribution in [0, 0.1) is 5.82 Å². The SMILES string of the molecule is COC(=O)c1ccc(C(=O)c2ccncc2F)o1. The second kappa shape index (κ2) is 4.79. The molecule has 0 amide bonds. The van der Waals surface area contributed by atoms with E-state index in [-0.39, 0.29) is 17.1 Å². The summed E-state index contributed by atoms with van der Waals surface area (Å²) in [6.45, 7) is 0. The lowest BCUT2D eigenvalue weighted by atomic mass is 10.1. The predicted octanol–water partition coefficient (Wildman–Crippen LogP) is 1.83. The van der Waals surface area contributed by atoms with Crippen LogP contribution in [0.4, 0.5) is 4.39 Å². The van der Waals surface area contributed by atoms with Crippen LogP contribution in [0.3, 0.4) is 0 Å². The van der Waals surface area contributed by atoms with Gasteiger partial charge in [-0.25, -0.2) is 9.18 Å². The van der Waals surface area contributed by atoms with Crippen LogP contribution in [0.15, 0.2) is 35.0 Å². The molecule has 0 unspecified atom stereocenters. The summed E-state index contributed by atoms with van der Waals surface area (Å²) >= 11 is 0. The first kappa shape index (κ1) is 12.0. The van der Waals surface area contributed by atoms with Gasteiger partial charge >= 0.3 is 5.97 Å². The Morgan fingerprint density at radius 1 is 1.28 bits per heavy atom. The Bertz CT molecular complexity index is 606. The maximum atomic E-state index is 13.3. The molecule has 2 rings (SSSR count). The van der Waals surface area contributed by atoms with Gasteiger partial charge in [0.25, 0.3) is 0 Å². The lowest BCUT2D eigenvalue weighted by Crippen LogP contribution is -2.04. The van der Waals surface area contributed by atoms with Crippen molar-refractivity contribution in [1.82, 2.24) is 4.98 Å². The number of carbonyl (C=O) groups is 2. The molecule has 2 aromatic heterocycles. The van der Waals surface area contributed by atoms with Crippen LogP contribution >= 0.6 is 0 Å². The molecule has 0 N–H and O–H groups in total. The number of rotatable bonds is 3. The number of methoxy groups -OCH3 is 1. The molecule has 0 spiro atoms. The zero-order valence-electron chi connectivity index (χ0n) is 9.34. The molecule has 0 radical (unpaired) electrons. The van der Waals surface area contributed by atoms with Crippen LogP contribution in [0.5, 0.6) is 0 Å². The van der Waals surface area contributed by atoms with Gasteiger partial charge in [0.15, 0.2) is 11.6 Å². The number of furan rings is 1. The zero-order valence-corrected chi connectivity index (χ0v) is 9.34. The van der Waals surface area contributed by atoms with E-state index in [9.17, 15) is 14.0 Å². The lowest BCUT2D eigenvalue weighted by Gasteiger charge is -1.98. The van der Waals surface area contributed by atoms with E-state index < -0.39 is 17.6 Å². The van der Waals surface area contributed by atoms with Gasteiger partial charge in [0.2, 0.25) is 11.5 Å². The van der Waals surface area contributed by atoms with Crippen molar-refractivity contribution < 1.29 is 23.1 Å². The van der Waals surface area contributed by atoms with Crippen LogP contribution in [0.1, 0.15) is 26.7 Å². The number of pyridine rings is 1. The Kier molecular flexibility index (Phi) is 3.18. The van der Waals surface area contributed by atoms with Crippen molar-refractivity contribution in [2.24, 2.45) is 0 Å². The van der Waals surface area contributed by atoms with Crippen molar-refractivity contribution >= 4 is 11.8 Å². The molecule has 2 heterocycles. The van der Waals surface area contributed by atoms with Crippen molar-refractivity contribution in [1.29, 1.82) is 0 Å². The van der Waals surface area contributed by atoms with Crippen LogP contribution < -0.4 is 0 Å². The fourth-order valence-electron chi connectivity index (χ4n) is 1.36. The molecule has 0 aliphatic heterocycles. The highest BCUT2D eigenvalue weighted by molar-refractivity contribution is 6.07. The summed E-state index contributed by atoms with van der Waals surface area (Å²) in [4.78, 5) is 26.6. The van der Waals surface area contributed by atoms with E-state index in [1.807, 2.05) is 0 Å². The van der Waals surface area contributed by atoms with Gasteiger partial charge in [-0.2, -0.15) is 0 Å². The van der Waals surface area contributed by atoms with E-state index in [1.165, 1.54) is 31.5 Å². The minimum atomic E-state index is -0.751. The number of ether oxygens (including phenoxy) is 1. The minimum Gasteiger partial charge on any atom is -0.463 e. The van der Waals surface area contributed by atoms with Gasteiger partial charge in [0.1, 0.15) is 0 Å². The highest BCUT2D eigenvalue weighted by Crippen LogP contribution is 2.15. The Labute approximate surface area is 101 Å². The summed E-state index contributed by atoms with van der Waals surface area (Å²) in [5.74, 6) is -2.37. The molecular weight excluding hydrogens is 241 g/mol. The number of ketones is 1. The Balaban J connectivity index is 2.33. The first-order valence-corrected chi connectivity index (χ1v) is 4.96. The molecular formula is C12H8FNO4. The number of halogens is 1. The third-order valence-corrected chi connectivity index (χ3v) is 2.23. The molecule has 18 heavy (non-hydrogen) atoms. The average molecular weight is 249 g/mol. The zero-order chi connectivity index (χ0) is 13.1. The molecule has 5 nitrogen and oxygen atoms in total. The monoisotopic (exact) mass is 249 g/mol. The van der Waals surface area contributed by atoms with Gasteiger partial charge in [0.05, 0.1) is 18.9 Å². The number of carbonyl (C=O) groups excluding carboxylic acids is 2. The molecule has 0 fully saturated rings. The molecule has 0 aromatic carbocycles. The summed E-state index contributed by atoms with van der Waals surface area (Å²) in [5, 5.41) is 0. The van der Waals surface area contributed by atoms with Gasteiger partial charge in [-0.1, -0.05) is 0 Å². The molecule has 0 saturated heterocycles. The number of aromatic nitrogens is 1.